The standard InChI is InChI=1S/C16H16N4O2S2/c1-9-10(2)24-15-13(9)14(22)19-16(20-15)23-8-12(21)18-7-11-5-3-4-6-17-11/h3-6H,7-8H2,1-2H3,(H,18,21)(H,19,20,22). The van der Waals surface area contributed by atoms with E-state index < -0.39 is 0 Å². The Morgan fingerprint density at radius 2 is 2.21 bits per heavy atom. The van der Waals surface area contributed by atoms with Gasteiger partial charge < -0.3 is 10.3 Å². The quantitative estimate of drug-likeness (QED) is 0.539. The third-order valence-corrected chi connectivity index (χ3v) is 5.52. The number of amides is 1. The molecule has 24 heavy (non-hydrogen) atoms. The van der Waals surface area contributed by atoms with Crippen molar-refractivity contribution in [3.8, 4) is 0 Å². The van der Waals surface area contributed by atoms with Crippen LogP contribution in [0, 0.1) is 13.8 Å². The van der Waals surface area contributed by atoms with Crippen LogP contribution in [0.3, 0.4) is 0 Å². The van der Waals surface area contributed by atoms with E-state index in [1.165, 1.54) is 23.1 Å². The number of nitrogens with zero attached hydrogens (tertiary/aromatic N) is 2. The molecular formula is C16H16N4O2S2. The minimum Gasteiger partial charge on any atom is -0.350 e. The van der Waals surface area contributed by atoms with E-state index in [4.69, 9.17) is 0 Å². The van der Waals surface area contributed by atoms with Crippen LogP contribution in [0.15, 0.2) is 34.3 Å². The number of thiophene rings is 1. The second kappa shape index (κ2) is 7.14. The summed E-state index contributed by atoms with van der Waals surface area (Å²) in [5.74, 6) is 0.0527. The lowest BCUT2D eigenvalue weighted by Crippen LogP contribution is -2.25. The average molecular weight is 360 g/mol. The number of thioether (sulfide) groups is 1. The van der Waals surface area contributed by atoms with Crippen molar-refractivity contribution in [2.75, 3.05) is 5.75 Å². The molecule has 3 aromatic heterocycles. The zero-order chi connectivity index (χ0) is 17.1. The van der Waals surface area contributed by atoms with Crippen molar-refractivity contribution in [2.24, 2.45) is 0 Å². The van der Waals surface area contributed by atoms with Gasteiger partial charge in [-0.25, -0.2) is 4.98 Å². The lowest BCUT2D eigenvalue weighted by atomic mass is 10.2. The minimum atomic E-state index is -0.154. The van der Waals surface area contributed by atoms with Gasteiger partial charge in [-0.1, -0.05) is 17.8 Å². The average Bonchev–Trinajstić information content (AvgIpc) is 2.86. The highest BCUT2D eigenvalue weighted by molar-refractivity contribution is 7.99. The molecule has 0 spiro atoms. The number of pyridine rings is 1. The molecule has 0 aliphatic carbocycles. The zero-order valence-corrected chi connectivity index (χ0v) is 14.9. The zero-order valence-electron chi connectivity index (χ0n) is 13.3. The van der Waals surface area contributed by atoms with Gasteiger partial charge in [0.2, 0.25) is 5.91 Å². The number of H-pyrrole nitrogens is 1. The summed E-state index contributed by atoms with van der Waals surface area (Å²) < 4.78 is 0. The lowest BCUT2D eigenvalue weighted by molar-refractivity contribution is -0.118. The molecule has 6 nitrogen and oxygen atoms in total. The number of hydrogen-bond donors (Lipinski definition) is 2. The van der Waals surface area contributed by atoms with Crippen LogP contribution >= 0.6 is 23.1 Å². The summed E-state index contributed by atoms with van der Waals surface area (Å²) in [7, 11) is 0. The van der Waals surface area contributed by atoms with Crippen molar-refractivity contribution in [1.29, 1.82) is 0 Å². The molecule has 0 aliphatic heterocycles. The van der Waals surface area contributed by atoms with Gasteiger partial charge in [-0.15, -0.1) is 11.3 Å². The number of aromatic amines is 1. The van der Waals surface area contributed by atoms with Crippen LogP contribution in [0.25, 0.3) is 10.2 Å². The first-order valence-corrected chi connectivity index (χ1v) is 9.14. The highest BCUT2D eigenvalue weighted by Gasteiger charge is 2.13. The third kappa shape index (κ3) is 3.65. The third-order valence-electron chi connectivity index (χ3n) is 3.55. The lowest BCUT2D eigenvalue weighted by Gasteiger charge is -2.04. The van der Waals surface area contributed by atoms with Gasteiger partial charge in [-0.3, -0.25) is 14.6 Å². The maximum Gasteiger partial charge on any atom is 0.260 e. The highest BCUT2D eigenvalue weighted by Crippen LogP contribution is 2.27. The van der Waals surface area contributed by atoms with Gasteiger partial charge in [0.15, 0.2) is 5.16 Å². The molecule has 0 unspecified atom stereocenters. The summed E-state index contributed by atoms with van der Waals surface area (Å²) in [4.78, 5) is 37.2. The summed E-state index contributed by atoms with van der Waals surface area (Å²) in [6, 6.07) is 5.55. The Labute approximate surface area is 146 Å². The number of rotatable bonds is 5. The molecule has 0 aliphatic rings. The van der Waals surface area contributed by atoms with Crippen molar-refractivity contribution < 1.29 is 4.79 Å². The summed E-state index contributed by atoms with van der Waals surface area (Å²) >= 11 is 2.71. The van der Waals surface area contributed by atoms with E-state index in [-0.39, 0.29) is 17.2 Å². The van der Waals surface area contributed by atoms with Crippen LogP contribution in [0.4, 0.5) is 0 Å². The molecule has 0 saturated heterocycles. The Hall–Kier alpha value is -2.19. The monoisotopic (exact) mass is 360 g/mol. The summed E-state index contributed by atoms with van der Waals surface area (Å²) in [5, 5.41) is 3.89. The van der Waals surface area contributed by atoms with Crippen LogP contribution in [0.1, 0.15) is 16.1 Å². The number of hydrogen-bond acceptors (Lipinski definition) is 6. The number of carbonyl (C=O) groups excluding carboxylic acids is 1. The fourth-order valence-corrected chi connectivity index (χ4v) is 3.96. The fourth-order valence-electron chi connectivity index (χ4n) is 2.18. The minimum absolute atomic E-state index is 0.132. The van der Waals surface area contributed by atoms with Gasteiger partial charge in [0.1, 0.15) is 4.83 Å². The van der Waals surface area contributed by atoms with E-state index in [1.807, 2.05) is 32.0 Å². The van der Waals surface area contributed by atoms with Crippen LogP contribution in [-0.4, -0.2) is 26.6 Å². The van der Waals surface area contributed by atoms with Crippen molar-refractivity contribution in [2.45, 2.75) is 25.5 Å². The number of aryl methyl sites for hydroxylation is 2. The van der Waals surface area contributed by atoms with Crippen LogP contribution in [-0.2, 0) is 11.3 Å². The van der Waals surface area contributed by atoms with Crippen LogP contribution in [0.2, 0.25) is 0 Å². The Bertz CT molecular complexity index is 934. The summed E-state index contributed by atoms with van der Waals surface area (Å²) in [6.07, 6.45) is 1.69. The molecule has 124 valence electrons. The van der Waals surface area contributed by atoms with Crippen molar-refractivity contribution in [3.63, 3.8) is 0 Å². The van der Waals surface area contributed by atoms with Crippen molar-refractivity contribution in [3.05, 3.63) is 50.9 Å². The van der Waals surface area contributed by atoms with Crippen molar-refractivity contribution >= 4 is 39.2 Å². The Kier molecular flexibility index (Phi) is 4.96. The molecule has 2 N–H and O–H groups in total. The first-order valence-electron chi connectivity index (χ1n) is 7.34. The van der Waals surface area contributed by atoms with Crippen LogP contribution < -0.4 is 10.9 Å². The van der Waals surface area contributed by atoms with E-state index in [2.05, 4.69) is 20.3 Å². The molecule has 1 amide bonds. The van der Waals surface area contributed by atoms with E-state index in [9.17, 15) is 9.59 Å². The van der Waals surface area contributed by atoms with E-state index >= 15 is 0 Å². The summed E-state index contributed by atoms with van der Waals surface area (Å²) in [6.45, 7) is 4.27. The molecule has 0 saturated carbocycles. The number of carbonyl (C=O) groups is 1. The predicted molar refractivity (Wildman–Crippen MR) is 96.5 cm³/mol. The predicted octanol–water partition coefficient (Wildman–Crippen LogP) is 2.40. The maximum absolute atomic E-state index is 12.2. The molecule has 0 aromatic carbocycles. The number of fused-ring (bicyclic) bond motifs is 1. The topological polar surface area (TPSA) is 87.7 Å². The SMILES string of the molecule is Cc1sc2nc(SCC(=O)NCc3ccccn3)[nH]c(=O)c2c1C. The van der Waals surface area contributed by atoms with Gasteiger partial charge in [0.25, 0.3) is 5.56 Å². The first-order chi connectivity index (χ1) is 11.5. The van der Waals surface area contributed by atoms with Crippen molar-refractivity contribution in [1.82, 2.24) is 20.3 Å². The molecule has 0 radical (unpaired) electrons. The molecule has 0 atom stereocenters. The van der Waals surface area contributed by atoms with Gasteiger partial charge in [0.05, 0.1) is 23.4 Å². The maximum atomic E-state index is 12.2. The normalized spacial score (nSPS) is 10.9. The largest absolute Gasteiger partial charge is 0.350 e. The molecule has 0 fully saturated rings. The number of aromatic nitrogens is 3. The Balaban J connectivity index is 1.63. The smallest absolute Gasteiger partial charge is 0.260 e. The molecular weight excluding hydrogens is 344 g/mol. The molecule has 3 aromatic rings. The van der Waals surface area contributed by atoms with Gasteiger partial charge in [-0.2, -0.15) is 0 Å². The van der Waals surface area contributed by atoms with E-state index in [1.54, 1.807) is 6.20 Å². The second-order valence-corrected chi connectivity index (χ2v) is 7.39. The number of nitrogens with one attached hydrogen (secondary N) is 2. The second-order valence-electron chi connectivity index (χ2n) is 5.22. The molecule has 3 rings (SSSR count). The van der Waals surface area contributed by atoms with Gasteiger partial charge in [0, 0.05) is 11.1 Å². The van der Waals surface area contributed by atoms with Gasteiger partial charge >= 0.3 is 0 Å². The van der Waals surface area contributed by atoms with Crippen LogP contribution in [0.5, 0.6) is 0 Å². The molecule has 3 heterocycles. The fraction of sp³-hybridized carbons (Fsp3) is 0.250. The first kappa shape index (κ1) is 16.7. The highest BCUT2D eigenvalue weighted by atomic mass is 32.2. The van der Waals surface area contributed by atoms with Gasteiger partial charge in [-0.05, 0) is 31.5 Å². The Morgan fingerprint density at radius 1 is 1.38 bits per heavy atom. The van der Waals surface area contributed by atoms with E-state index in [0.717, 1.165) is 16.1 Å². The Morgan fingerprint density at radius 3 is 2.96 bits per heavy atom. The summed E-state index contributed by atoms with van der Waals surface area (Å²) in [5.41, 5.74) is 1.61. The molecule has 0 bridgehead atoms. The molecule has 8 heteroatoms. The van der Waals surface area contributed by atoms with E-state index in [0.29, 0.717) is 21.9 Å².